The van der Waals surface area contributed by atoms with Gasteiger partial charge in [-0.1, -0.05) is 50.6 Å². The zero-order chi connectivity index (χ0) is 20.5. The predicted octanol–water partition coefficient (Wildman–Crippen LogP) is 4.09. The Balaban J connectivity index is 2.10. The van der Waals surface area contributed by atoms with Crippen LogP contribution in [0.3, 0.4) is 0 Å². The molecule has 8 heteroatoms. The molecule has 0 saturated carbocycles. The van der Waals surface area contributed by atoms with Crippen molar-refractivity contribution in [3.8, 4) is 11.3 Å². The number of aromatic nitrogens is 3. The van der Waals surface area contributed by atoms with Crippen molar-refractivity contribution in [2.75, 3.05) is 10.7 Å². The number of halogens is 2. The smallest absolute Gasteiger partial charge is 0.212 e. The number of anilines is 2. The van der Waals surface area contributed by atoms with E-state index in [1.807, 2.05) is 39.0 Å². The summed E-state index contributed by atoms with van der Waals surface area (Å²) in [4.78, 5) is 12.9. The Morgan fingerprint density at radius 3 is 2.43 bits per heavy atom. The lowest BCUT2D eigenvalue weighted by Crippen LogP contribution is -2.33. The van der Waals surface area contributed by atoms with Crippen LogP contribution < -0.4 is 16.6 Å². The minimum Gasteiger partial charge on any atom is -0.394 e. The molecular weight excluding hydrogens is 379 g/mol. The highest BCUT2D eigenvalue weighted by molar-refractivity contribution is 6.31. The maximum atomic E-state index is 13.2. The van der Waals surface area contributed by atoms with Gasteiger partial charge in [-0.15, -0.1) is 0 Å². The van der Waals surface area contributed by atoms with E-state index in [0.717, 1.165) is 5.56 Å². The lowest BCUT2D eigenvalue weighted by atomic mass is 9.95. The molecule has 2 heterocycles. The highest BCUT2D eigenvalue weighted by atomic mass is 35.5. The number of benzene rings is 1. The Hall–Kier alpha value is -2.77. The quantitative estimate of drug-likeness (QED) is 0.389. The molecule has 0 atom stereocenters. The van der Waals surface area contributed by atoms with Gasteiger partial charge in [0, 0.05) is 22.2 Å². The molecule has 146 valence electrons. The molecule has 0 unspecified atom stereocenters. The molecule has 0 aliphatic rings. The molecule has 0 aliphatic heterocycles. The van der Waals surface area contributed by atoms with Crippen molar-refractivity contribution < 1.29 is 4.39 Å². The van der Waals surface area contributed by atoms with E-state index >= 15 is 0 Å². The number of hydrogen-bond acceptors (Lipinski definition) is 6. The highest BCUT2D eigenvalue weighted by Gasteiger charge is 2.24. The van der Waals surface area contributed by atoms with Crippen molar-refractivity contribution in [1.82, 2.24) is 15.0 Å². The summed E-state index contributed by atoms with van der Waals surface area (Å²) in [7, 11) is 0. The molecular formula is C20H22ClFN6. The van der Waals surface area contributed by atoms with Crippen molar-refractivity contribution in [2.24, 2.45) is 5.84 Å². The van der Waals surface area contributed by atoms with Crippen molar-refractivity contribution in [2.45, 2.75) is 32.7 Å². The minimum absolute atomic E-state index is 0.288. The van der Waals surface area contributed by atoms with E-state index in [-0.39, 0.29) is 11.1 Å². The first-order valence-electron chi connectivity index (χ1n) is 8.72. The Bertz CT molecular complexity index is 985. The molecule has 1 aromatic carbocycles. The number of nitrogens with zero attached hydrogens (tertiary/aromatic N) is 4. The Kier molecular flexibility index (Phi) is 5.49. The van der Waals surface area contributed by atoms with E-state index in [1.54, 1.807) is 12.1 Å². The summed E-state index contributed by atoms with van der Waals surface area (Å²) in [5, 5.41) is 2.04. The summed E-state index contributed by atoms with van der Waals surface area (Å²) in [6.07, 6.45) is 1.39. The van der Waals surface area contributed by atoms with Crippen LogP contribution >= 0.6 is 11.6 Å². The molecule has 0 radical (unpaired) electrons. The summed E-state index contributed by atoms with van der Waals surface area (Å²) in [5.74, 6) is 6.67. The van der Waals surface area contributed by atoms with Gasteiger partial charge in [0.25, 0.3) is 0 Å². The van der Waals surface area contributed by atoms with Crippen molar-refractivity contribution in [1.29, 1.82) is 0 Å². The van der Waals surface area contributed by atoms with E-state index in [2.05, 4.69) is 15.0 Å². The van der Waals surface area contributed by atoms with Crippen LogP contribution in [0.1, 0.15) is 32.2 Å². The normalized spacial score (nSPS) is 11.5. The molecule has 3 rings (SSSR count). The molecule has 28 heavy (non-hydrogen) atoms. The third-order valence-electron chi connectivity index (χ3n) is 4.17. The second kappa shape index (κ2) is 7.69. The number of pyridine rings is 1. The van der Waals surface area contributed by atoms with Crippen LogP contribution in [0.15, 0.2) is 42.6 Å². The predicted molar refractivity (Wildman–Crippen MR) is 110 cm³/mol. The summed E-state index contributed by atoms with van der Waals surface area (Å²) in [5.41, 5.74) is 8.17. The largest absolute Gasteiger partial charge is 0.394 e. The van der Waals surface area contributed by atoms with E-state index in [1.165, 1.54) is 17.3 Å². The monoisotopic (exact) mass is 400 g/mol. The minimum atomic E-state index is -0.577. The van der Waals surface area contributed by atoms with Crippen LogP contribution in [0.2, 0.25) is 5.02 Å². The van der Waals surface area contributed by atoms with Gasteiger partial charge in [0.2, 0.25) is 5.95 Å². The van der Waals surface area contributed by atoms with Crippen LogP contribution in [0.5, 0.6) is 0 Å². The third-order valence-corrected chi connectivity index (χ3v) is 4.54. The number of nitrogens with two attached hydrogens (primary N) is 2. The fourth-order valence-corrected chi connectivity index (χ4v) is 2.83. The second-order valence-corrected chi connectivity index (χ2v) is 7.88. The average Bonchev–Trinajstić information content (AvgIpc) is 2.63. The number of hydrogen-bond donors (Lipinski definition) is 2. The second-order valence-electron chi connectivity index (χ2n) is 7.47. The number of hydrazine groups is 1. The van der Waals surface area contributed by atoms with E-state index in [9.17, 15) is 4.39 Å². The van der Waals surface area contributed by atoms with Crippen LogP contribution in [-0.2, 0) is 12.0 Å². The highest BCUT2D eigenvalue weighted by Crippen LogP contribution is 2.33. The van der Waals surface area contributed by atoms with Crippen LogP contribution in [0.25, 0.3) is 11.3 Å². The first kappa shape index (κ1) is 20.0. The topological polar surface area (TPSA) is 94.0 Å². The average molecular weight is 401 g/mol. The fourth-order valence-electron chi connectivity index (χ4n) is 2.63. The van der Waals surface area contributed by atoms with Crippen molar-refractivity contribution in [3.05, 3.63) is 65.0 Å². The van der Waals surface area contributed by atoms with Gasteiger partial charge in [0.15, 0.2) is 5.82 Å². The number of nitrogen functional groups attached to an aromatic ring is 1. The lowest BCUT2D eigenvalue weighted by Gasteiger charge is -2.25. The molecule has 2 aromatic heterocycles. The summed E-state index contributed by atoms with van der Waals surface area (Å²) < 4.78 is 13.2. The maximum absolute atomic E-state index is 13.2. The van der Waals surface area contributed by atoms with Gasteiger partial charge in [0.1, 0.15) is 17.2 Å². The van der Waals surface area contributed by atoms with Gasteiger partial charge < -0.3 is 5.73 Å². The fraction of sp³-hybridized carbons (Fsp3) is 0.250. The van der Waals surface area contributed by atoms with E-state index in [0.29, 0.717) is 34.5 Å². The summed E-state index contributed by atoms with van der Waals surface area (Å²) in [6, 6.07) is 10.3. The molecule has 6 nitrogen and oxygen atoms in total. The van der Waals surface area contributed by atoms with E-state index in [4.69, 9.17) is 23.2 Å². The van der Waals surface area contributed by atoms with Gasteiger partial charge in [-0.25, -0.2) is 20.8 Å². The molecule has 0 aliphatic carbocycles. The molecule has 0 bridgehead atoms. The van der Waals surface area contributed by atoms with Gasteiger partial charge in [-0.3, -0.25) is 5.01 Å². The Morgan fingerprint density at radius 2 is 1.82 bits per heavy atom. The number of rotatable bonds is 4. The zero-order valence-corrected chi connectivity index (χ0v) is 16.7. The molecule has 3 aromatic rings. The maximum Gasteiger partial charge on any atom is 0.212 e. The third kappa shape index (κ3) is 4.21. The van der Waals surface area contributed by atoms with Gasteiger partial charge >= 0.3 is 0 Å². The SMILES string of the molecule is CC(C)(C)c1nc(-c2ccc(F)nc2)c(N)c(N(N)Cc2ccccc2Cl)n1. The summed E-state index contributed by atoms with van der Waals surface area (Å²) in [6.45, 7) is 6.28. The van der Waals surface area contributed by atoms with Gasteiger partial charge in [-0.2, -0.15) is 4.39 Å². The molecule has 0 fully saturated rings. The Labute approximate surface area is 168 Å². The van der Waals surface area contributed by atoms with Gasteiger partial charge in [0.05, 0.1) is 6.54 Å². The zero-order valence-electron chi connectivity index (χ0n) is 15.9. The van der Waals surface area contributed by atoms with Crippen LogP contribution in [0.4, 0.5) is 15.9 Å². The molecule has 4 N–H and O–H groups in total. The molecule has 0 amide bonds. The molecule has 0 saturated heterocycles. The lowest BCUT2D eigenvalue weighted by molar-refractivity contribution is 0.545. The van der Waals surface area contributed by atoms with E-state index < -0.39 is 5.95 Å². The van der Waals surface area contributed by atoms with Crippen molar-refractivity contribution >= 4 is 23.1 Å². The standard InChI is InChI=1S/C20H22ClFN6/c1-20(2,3)19-26-17(12-8-9-15(22)25-10-12)16(23)18(27-19)28(24)11-13-6-4-5-7-14(13)21/h4-10H,11,23-24H2,1-3H3. The first-order valence-corrected chi connectivity index (χ1v) is 9.10. The van der Waals surface area contributed by atoms with Crippen LogP contribution in [-0.4, -0.2) is 15.0 Å². The first-order chi connectivity index (χ1) is 13.2. The van der Waals surface area contributed by atoms with Gasteiger partial charge in [-0.05, 0) is 23.8 Å². The van der Waals surface area contributed by atoms with Crippen molar-refractivity contribution in [3.63, 3.8) is 0 Å². The Morgan fingerprint density at radius 1 is 1.11 bits per heavy atom. The summed E-state index contributed by atoms with van der Waals surface area (Å²) >= 11 is 6.25. The van der Waals surface area contributed by atoms with Crippen LogP contribution in [0, 0.1) is 5.95 Å². The molecule has 0 spiro atoms.